The molecule has 16 heteroatoms. The number of aliphatic hydroxyl groups is 1. The first-order valence-electron chi connectivity index (χ1n) is 30.0. The highest BCUT2D eigenvalue weighted by Crippen LogP contribution is 2.64. The molecule has 8 saturated carbocycles. The number of hydrogen-bond acceptors (Lipinski definition) is 6. The monoisotopic (exact) mass is 1380 g/mol. The number of ether oxygens (including phenoxy) is 2. The minimum absolute atomic E-state index is 0. The van der Waals surface area contributed by atoms with E-state index in [-0.39, 0.29) is 75.4 Å². The molecule has 0 aliphatic heterocycles. The fourth-order valence-electron chi connectivity index (χ4n) is 14.7. The van der Waals surface area contributed by atoms with Crippen molar-refractivity contribution in [3.8, 4) is 0 Å². The molecule has 0 aromatic heterocycles. The van der Waals surface area contributed by atoms with E-state index in [1.807, 2.05) is 0 Å². The highest BCUT2D eigenvalue weighted by molar-refractivity contribution is 7.97. The number of esters is 2. The first-order valence-corrected chi connectivity index (χ1v) is 40.4. The molecule has 0 amide bonds. The molecular formula is C70H87ClF4IO6S2Si2+. The lowest BCUT2D eigenvalue weighted by Crippen LogP contribution is -3.00. The van der Waals surface area contributed by atoms with E-state index in [4.69, 9.17) is 25.0 Å². The molecule has 86 heavy (non-hydrogen) atoms. The minimum atomic E-state index is -3.43. The molecule has 8 fully saturated rings. The van der Waals surface area contributed by atoms with Gasteiger partial charge in [0.2, 0.25) is 0 Å². The van der Waals surface area contributed by atoms with E-state index < -0.39 is 45.1 Å². The topological polar surface area (TPSA) is 82.1 Å². The largest absolute Gasteiger partial charge is 1.00 e. The third-order valence-electron chi connectivity index (χ3n) is 16.4. The molecule has 8 aliphatic rings. The van der Waals surface area contributed by atoms with Crippen LogP contribution in [0.2, 0.25) is 39.3 Å². The molecule has 8 aliphatic carbocycles. The van der Waals surface area contributed by atoms with Crippen LogP contribution in [0, 0.1) is 34.5 Å². The number of carbonyl (C=O) groups excluding carboxylic acids is 2. The zero-order valence-electron chi connectivity index (χ0n) is 51.1. The second-order valence-corrected chi connectivity index (χ2v) is 43.0. The molecule has 0 spiro atoms. The molecule has 8 bridgehead atoms. The molecule has 6 aromatic carbocycles. The summed E-state index contributed by atoms with van der Waals surface area (Å²) in [7, 11) is -2.85. The number of hydrogen-bond donors (Lipinski definition) is 1. The maximum absolute atomic E-state index is 13.1. The molecule has 0 saturated heterocycles. The average molecular weight is 1380 g/mol. The summed E-state index contributed by atoms with van der Waals surface area (Å²) in [6, 6.07) is 64.3. The van der Waals surface area contributed by atoms with Crippen LogP contribution >= 0.6 is 11.1 Å². The average Bonchev–Trinajstić information content (AvgIpc) is 0.791. The van der Waals surface area contributed by atoms with Crippen molar-refractivity contribution in [3.05, 3.63) is 182 Å². The summed E-state index contributed by atoms with van der Waals surface area (Å²) in [5, 5.41) is 10.5. The highest BCUT2D eigenvalue weighted by atomic mass is 127. The van der Waals surface area contributed by atoms with Crippen LogP contribution in [0.4, 0.5) is 17.6 Å². The number of carbonyl (C=O) groups is 2. The van der Waals surface area contributed by atoms with Crippen molar-refractivity contribution in [2.75, 3.05) is 13.2 Å². The maximum Gasteiger partial charge on any atom is 0.376 e. The summed E-state index contributed by atoms with van der Waals surface area (Å²) in [6.07, 6.45) is 11.4. The Morgan fingerprint density at radius 2 is 0.721 bits per heavy atom. The smallest absolute Gasteiger partial charge is 0.376 e. The van der Waals surface area contributed by atoms with Crippen LogP contribution in [0.5, 0.6) is 0 Å². The second-order valence-electron chi connectivity index (χ2n) is 27.0. The lowest BCUT2D eigenvalue weighted by molar-refractivity contribution is -0.197. The maximum atomic E-state index is 13.1. The van der Waals surface area contributed by atoms with Gasteiger partial charge in [-0.05, 0) is 193 Å². The number of benzene rings is 6. The van der Waals surface area contributed by atoms with Crippen molar-refractivity contribution in [1.82, 2.24) is 0 Å². The highest BCUT2D eigenvalue weighted by Gasteiger charge is 2.60. The normalized spacial score (nSPS) is 25.8. The van der Waals surface area contributed by atoms with Crippen molar-refractivity contribution in [3.63, 3.8) is 0 Å². The third-order valence-corrected chi connectivity index (χ3v) is 21.9. The zero-order chi connectivity index (χ0) is 61.3. The molecule has 1 N–H and O–H groups in total. The van der Waals surface area contributed by atoms with Gasteiger partial charge in [0.1, 0.15) is 7.38 Å². The lowest BCUT2D eigenvalue weighted by Gasteiger charge is -2.62. The Morgan fingerprint density at radius 1 is 0.477 bits per heavy atom. The number of rotatable bonds is 14. The van der Waals surface area contributed by atoms with Gasteiger partial charge in [-0.25, -0.2) is 9.59 Å². The van der Waals surface area contributed by atoms with Crippen LogP contribution in [-0.4, -0.2) is 69.0 Å². The second kappa shape index (κ2) is 29.3. The molecule has 0 radical (unpaired) electrons. The SMILES string of the molecule is CC(F)(F)C(=O)OCC12CC3CC(C1)CC(O[Si](C)(C)C)(C3)C2.CC(F)(F)C(=O)OCC12CC3CC(CC(O)(C3)C1)C2.C[Si](C)(C)Cl.[I-].c1ccc([S+](c2ccccc2)c2ccccc2)cc1.c1ccc([S+](c2ccccc2)c2ccccc2)cc1. The van der Waals surface area contributed by atoms with Crippen LogP contribution in [-0.2, 0) is 45.3 Å². The van der Waals surface area contributed by atoms with Gasteiger partial charge in [-0.15, -0.1) is 0 Å². The standard InChI is InChI=1S/2C18H15S.C17H28F2O3Si.C14H20F2O3.C3H9ClSi.HI/c2*1-4-10-16(11-5-1)19(17-12-6-2-7-13-17)18-14-8-3-9-15-18;1-15(18,19)14(20)21-11-16-6-12-5-13(7-16)9-17(8-12,10-16)22-23(2,3)4;1-12(15,16)11(17)19-8-13-3-9-2-10(4-13)6-14(18,5-9)7-13;1-5(2,3)4;/h2*1-15H;12-13H,5-11H2,1-4H3;9-10,18H,2-8H2,1H3;1-3H3;1H/q2*+1;;;;/p-1. The van der Waals surface area contributed by atoms with Crippen molar-refractivity contribution < 1.29 is 70.1 Å². The zero-order valence-corrected chi connectivity index (χ0v) is 57.6. The van der Waals surface area contributed by atoms with E-state index >= 15 is 0 Å². The summed E-state index contributed by atoms with van der Waals surface area (Å²) < 4.78 is 68.3. The van der Waals surface area contributed by atoms with Crippen LogP contribution in [0.3, 0.4) is 0 Å². The summed E-state index contributed by atoms with van der Waals surface area (Å²) in [4.78, 5) is 30.8. The van der Waals surface area contributed by atoms with E-state index in [1.54, 1.807) is 0 Å². The Kier molecular flexibility index (Phi) is 23.7. The van der Waals surface area contributed by atoms with Gasteiger partial charge in [0, 0.05) is 24.7 Å². The molecule has 4 unspecified atom stereocenters. The van der Waals surface area contributed by atoms with E-state index in [2.05, 4.69) is 221 Å². The number of alkyl halides is 4. The lowest BCUT2D eigenvalue weighted by atomic mass is 9.48. The van der Waals surface area contributed by atoms with E-state index in [0.29, 0.717) is 43.9 Å². The van der Waals surface area contributed by atoms with Gasteiger partial charge in [0.05, 0.1) is 46.2 Å². The van der Waals surface area contributed by atoms with Crippen molar-refractivity contribution >= 4 is 60.5 Å². The molecule has 6 nitrogen and oxygen atoms in total. The summed E-state index contributed by atoms with van der Waals surface area (Å²) in [6.45, 7) is 14.2. The minimum Gasteiger partial charge on any atom is -1.00 e. The van der Waals surface area contributed by atoms with Crippen molar-refractivity contribution in [2.45, 2.75) is 183 Å². The van der Waals surface area contributed by atoms with Crippen LogP contribution < -0.4 is 24.0 Å². The van der Waals surface area contributed by atoms with Crippen molar-refractivity contribution in [2.24, 2.45) is 34.5 Å². The Balaban J connectivity index is 0.000000159. The van der Waals surface area contributed by atoms with Gasteiger partial charge >= 0.3 is 23.8 Å². The summed E-state index contributed by atoms with van der Waals surface area (Å²) in [5.74, 6) is -7.57. The van der Waals surface area contributed by atoms with Gasteiger partial charge in [-0.1, -0.05) is 129 Å². The quantitative estimate of drug-likeness (QED) is 0.0292. The molecule has 464 valence electrons. The van der Waals surface area contributed by atoms with E-state index in [1.165, 1.54) is 35.8 Å². The Morgan fingerprint density at radius 3 is 0.953 bits per heavy atom. The van der Waals surface area contributed by atoms with Crippen LogP contribution in [0.1, 0.15) is 90.9 Å². The molecule has 14 rings (SSSR count). The van der Waals surface area contributed by atoms with Gasteiger partial charge < -0.3 is 43.0 Å². The first kappa shape index (κ1) is 69.5. The van der Waals surface area contributed by atoms with E-state index in [0.717, 1.165) is 64.2 Å². The first-order chi connectivity index (χ1) is 40.0. The third kappa shape index (κ3) is 20.0. The molecule has 0 heterocycles. The predicted octanol–water partition coefficient (Wildman–Crippen LogP) is 15.5. The van der Waals surface area contributed by atoms with E-state index in [9.17, 15) is 32.3 Å². The van der Waals surface area contributed by atoms with Gasteiger partial charge in [0.25, 0.3) is 0 Å². The van der Waals surface area contributed by atoms with Gasteiger partial charge in [0.15, 0.2) is 37.7 Å². The van der Waals surface area contributed by atoms with Crippen molar-refractivity contribution in [1.29, 1.82) is 0 Å². The van der Waals surface area contributed by atoms with Crippen LogP contribution in [0.25, 0.3) is 0 Å². The molecular weight excluding hydrogens is 1300 g/mol. The fraction of sp³-hybridized carbons (Fsp3) is 0.457. The predicted molar refractivity (Wildman–Crippen MR) is 342 cm³/mol. The Bertz CT molecular complexity index is 2720. The Labute approximate surface area is 538 Å². The summed E-state index contributed by atoms with van der Waals surface area (Å²) >= 11 is 5.67. The molecule has 6 aromatic rings. The van der Waals surface area contributed by atoms with Gasteiger partial charge in [-0.2, -0.15) is 28.6 Å². The van der Waals surface area contributed by atoms with Crippen LogP contribution in [0.15, 0.2) is 211 Å². The molecule has 4 atom stereocenters. The fourth-order valence-corrected chi connectivity index (χ4v) is 20.5. The van der Waals surface area contributed by atoms with Gasteiger partial charge in [-0.3, -0.25) is 0 Å². The number of halogens is 6. The Hall–Kier alpha value is -3.95. The summed E-state index contributed by atoms with van der Waals surface area (Å²) in [5.41, 5.74) is -1.16.